The van der Waals surface area contributed by atoms with E-state index in [0.29, 0.717) is 25.6 Å². The van der Waals surface area contributed by atoms with Crippen molar-refractivity contribution < 1.29 is 9.53 Å². The van der Waals surface area contributed by atoms with Gasteiger partial charge in [0.15, 0.2) is 0 Å². The third-order valence-electron chi connectivity index (χ3n) is 3.45. The van der Waals surface area contributed by atoms with Gasteiger partial charge in [-0.1, -0.05) is 6.92 Å². The van der Waals surface area contributed by atoms with Gasteiger partial charge in [0.2, 0.25) is 5.91 Å². The Bertz CT molecular complexity index is 224. The fourth-order valence-electron chi connectivity index (χ4n) is 2.26. The Morgan fingerprint density at radius 1 is 1.35 bits per heavy atom. The van der Waals surface area contributed by atoms with Crippen LogP contribution in [0.2, 0.25) is 0 Å². The minimum atomic E-state index is 0.201. The largest absolute Gasteiger partial charge is 0.384 e. The number of methoxy groups -OCH3 is 1. The van der Waals surface area contributed by atoms with E-state index in [-0.39, 0.29) is 5.91 Å². The molecule has 5 heteroatoms. The number of amides is 1. The van der Waals surface area contributed by atoms with E-state index in [4.69, 9.17) is 10.5 Å². The normalized spacial score (nSPS) is 19.4. The van der Waals surface area contributed by atoms with Gasteiger partial charge in [-0.25, -0.2) is 0 Å². The van der Waals surface area contributed by atoms with Gasteiger partial charge < -0.3 is 15.4 Å². The van der Waals surface area contributed by atoms with Gasteiger partial charge in [0, 0.05) is 45.9 Å². The minimum absolute atomic E-state index is 0.201. The van der Waals surface area contributed by atoms with Gasteiger partial charge in [-0.2, -0.15) is 0 Å². The number of nitrogens with zero attached hydrogens (tertiary/aromatic N) is 2. The van der Waals surface area contributed by atoms with E-state index in [1.807, 2.05) is 4.90 Å². The van der Waals surface area contributed by atoms with Crippen LogP contribution in [0.15, 0.2) is 0 Å². The number of ether oxygens (including phenoxy) is 1. The lowest BCUT2D eigenvalue weighted by Crippen LogP contribution is -2.53. The molecule has 1 amide bonds. The van der Waals surface area contributed by atoms with Crippen molar-refractivity contribution in [1.29, 1.82) is 0 Å². The van der Waals surface area contributed by atoms with Gasteiger partial charge in [0.1, 0.15) is 0 Å². The standard InChI is InChI=1S/C12H25N3O2/c1-3-11(10-13)14-5-7-15(8-6-14)12(16)4-9-17-2/h11H,3-10,13H2,1-2H3. The Kier molecular flexibility index (Phi) is 6.47. The zero-order valence-electron chi connectivity index (χ0n) is 11.0. The van der Waals surface area contributed by atoms with Gasteiger partial charge in [-0.3, -0.25) is 9.69 Å². The molecule has 0 saturated carbocycles. The Morgan fingerprint density at radius 2 is 2.00 bits per heavy atom. The third kappa shape index (κ3) is 4.26. The SMILES string of the molecule is CCC(CN)N1CCN(C(=O)CCOC)CC1. The van der Waals surface area contributed by atoms with E-state index >= 15 is 0 Å². The molecule has 2 N–H and O–H groups in total. The van der Waals surface area contributed by atoms with Crippen molar-refractivity contribution in [2.75, 3.05) is 46.4 Å². The summed E-state index contributed by atoms with van der Waals surface area (Å²) in [6, 6.07) is 0.464. The molecule has 0 spiro atoms. The second-order valence-electron chi connectivity index (χ2n) is 4.46. The van der Waals surface area contributed by atoms with E-state index in [9.17, 15) is 4.79 Å². The van der Waals surface area contributed by atoms with Crippen LogP contribution in [0.1, 0.15) is 19.8 Å². The third-order valence-corrected chi connectivity index (χ3v) is 3.45. The maximum Gasteiger partial charge on any atom is 0.224 e. The van der Waals surface area contributed by atoms with Crippen LogP contribution in [0.4, 0.5) is 0 Å². The first-order valence-corrected chi connectivity index (χ1v) is 6.43. The summed E-state index contributed by atoms with van der Waals surface area (Å²) in [5, 5.41) is 0. The Hall–Kier alpha value is -0.650. The van der Waals surface area contributed by atoms with Crippen LogP contribution in [-0.2, 0) is 9.53 Å². The van der Waals surface area contributed by atoms with Gasteiger partial charge in [-0.05, 0) is 6.42 Å². The molecular weight excluding hydrogens is 218 g/mol. The van der Waals surface area contributed by atoms with E-state index in [2.05, 4.69) is 11.8 Å². The predicted molar refractivity (Wildman–Crippen MR) is 67.8 cm³/mol. The lowest BCUT2D eigenvalue weighted by atomic mass is 10.1. The summed E-state index contributed by atoms with van der Waals surface area (Å²) < 4.78 is 4.92. The van der Waals surface area contributed by atoms with Crippen molar-refractivity contribution in [1.82, 2.24) is 9.80 Å². The molecule has 1 aliphatic heterocycles. The Labute approximate surface area is 104 Å². The van der Waals surface area contributed by atoms with E-state index in [1.54, 1.807) is 7.11 Å². The number of carbonyl (C=O) groups is 1. The van der Waals surface area contributed by atoms with Crippen LogP contribution in [-0.4, -0.2) is 68.2 Å². The molecule has 100 valence electrons. The van der Waals surface area contributed by atoms with Crippen molar-refractivity contribution in [3.8, 4) is 0 Å². The first kappa shape index (κ1) is 14.4. The molecule has 17 heavy (non-hydrogen) atoms. The summed E-state index contributed by atoms with van der Waals surface area (Å²) in [6.45, 7) is 6.89. The molecule has 1 aliphatic rings. The number of hydrogen-bond acceptors (Lipinski definition) is 4. The number of carbonyl (C=O) groups excluding carboxylic acids is 1. The summed E-state index contributed by atoms with van der Waals surface area (Å²) in [6.07, 6.45) is 1.57. The summed E-state index contributed by atoms with van der Waals surface area (Å²) in [5.74, 6) is 0.201. The molecule has 1 atom stereocenters. The molecule has 1 rings (SSSR count). The minimum Gasteiger partial charge on any atom is -0.384 e. The van der Waals surface area contributed by atoms with Crippen molar-refractivity contribution in [3.63, 3.8) is 0 Å². The van der Waals surface area contributed by atoms with Crippen molar-refractivity contribution >= 4 is 5.91 Å². The highest BCUT2D eigenvalue weighted by molar-refractivity contribution is 5.76. The van der Waals surface area contributed by atoms with Crippen LogP contribution in [0.5, 0.6) is 0 Å². The topological polar surface area (TPSA) is 58.8 Å². The highest BCUT2D eigenvalue weighted by atomic mass is 16.5. The van der Waals surface area contributed by atoms with Gasteiger partial charge in [0.25, 0.3) is 0 Å². The molecule has 1 saturated heterocycles. The van der Waals surface area contributed by atoms with Crippen LogP contribution in [0.25, 0.3) is 0 Å². The fourth-order valence-corrected chi connectivity index (χ4v) is 2.26. The summed E-state index contributed by atoms with van der Waals surface area (Å²) in [5.41, 5.74) is 5.74. The number of nitrogens with two attached hydrogens (primary N) is 1. The van der Waals surface area contributed by atoms with Crippen molar-refractivity contribution in [3.05, 3.63) is 0 Å². The molecule has 0 aromatic heterocycles. The average molecular weight is 243 g/mol. The lowest BCUT2D eigenvalue weighted by Gasteiger charge is -2.38. The first-order valence-electron chi connectivity index (χ1n) is 6.43. The maximum absolute atomic E-state index is 11.8. The Balaban J connectivity index is 2.32. The summed E-state index contributed by atoms with van der Waals surface area (Å²) in [4.78, 5) is 16.1. The average Bonchev–Trinajstić information content (AvgIpc) is 2.38. The summed E-state index contributed by atoms with van der Waals surface area (Å²) in [7, 11) is 1.62. The second kappa shape index (κ2) is 7.63. The molecule has 5 nitrogen and oxygen atoms in total. The quantitative estimate of drug-likeness (QED) is 0.708. The van der Waals surface area contributed by atoms with E-state index < -0.39 is 0 Å². The lowest BCUT2D eigenvalue weighted by molar-refractivity contribution is -0.134. The van der Waals surface area contributed by atoms with Crippen LogP contribution in [0.3, 0.4) is 0 Å². The maximum atomic E-state index is 11.8. The monoisotopic (exact) mass is 243 g/mol. The van der Waals surface area contributed by atoms with Gasteiger partial charge >= 0.3 is 0 Å². The Morgan fingerprint density at radius 3 is 2.47 bits per heavy atom. The molecule has 1 fully saturated rings. The zero-order valence-corrected chi connectivity index (χ0v) is 11.0. The number of hydrogen-bond donors (Lipinski definition) is 1. The molecular formula is C12H25N3O2. The molecule has 0 radical (unpaired) electrons. The first-order chi connectivity index (χ1) is 8.22. The van der Waals surface area contributed by atoms with Gasteiger partial charge in [-0.15, -0.1) is 0 Å². The summed E-state index contributed by atoms with van der Waals surface area (Å²) >= 11 is 0. The van der Waals surface area contributed by atoms with E-state index in [1.165, 1.54) is 0 Å². The second-order valence-corrected chi connectivity index (χ2v) is 4.46. The molecule has 0 aromatic carbocycles. The molecule has 0 aliphatic carbocycles. The predicted octanol–water partition coefficient (Wildman–Crippen LogP) is -0.0956. The van der Waals surface area contributed by atoms with Crippen LogP contribution in [0, 0.1) is 0 Å². The molecule has 0 bridgehead atoms. The highest BCUT2D eigenvalue weighted by Crippen LogP contribution is 2.09. The molecule has 1 unspecified atom stereocenters. The number of piperazine rings is 1. The van der Waals surface area contributed by atoms with Crippen molar-refractivity contribution in [2.45, 2.75) is 25.8 Å². The smallest absolute Gasteiger partial charge is 0.224 e. The van der Waals surface area contributed by atoms with Crippen molar-refractivity contribution in [2.24, 2.45) is 5.73 Å². The molecule has 0 aromatic rings. The number of rotatable bonds is 6. The molecule has 1 heterocycles. The van der Waals surface area contributed by atoms with Gasteiger partial charge in [0.05, 0.1) is 13.0 Å². The zero-order chi connectivity index (χ0) is 12.7. The van der Waals surface area contributed by atoms with Crippen LogP contribution < -0.4 is 5.73 Å². The highest BCUT2D eigenvalue weighted by Gasteiger charge is 2.24. The van der Waals surface area contributed by atoms with E-state index in [0.717, 1.165) is 32.6 Å². The van der Waals surface area contributed by atoms with Crippen LogP contribution >= 0.6 is 0 Å². The fraction of sp³-hybridized carbons (Fsp3) is 0.917.